The van der Waals surface area contributed by atoms with Gasteiger partial charge in [0.05, 0.1) is 10.7 Å². The fourth-order valence-electron chi connectivity index (χ4n) is 1.47. The first-order valence-electron chi connectivity index (χ1n) is 6.38. The third-order valence-corrected chi connectivity index (χ3v) is 2.96. The van der Waals surface area contributed by atoms with Crippen molar-refractivity contribution < 1.29 is 0 Å². The zero-order valence-corrected chi connectivity index (χ0v) is 12.8. The maximum atomic E-state index is 4.56. The summed E-state index contributed by atoms with van der Waals surface area (Å²) in [5, 5.41) is 9.85. The van der Waals surface area contributed by atoms with Gasteiger partial charge in [-0.25, -0.2) is 4.98 Å². The molecule has 0 saturated carbocycles. The van der Waals surface area contributed by atoms with E-state index in [9.17, 15) is 0 Å². The van der Waals surface area contributed by atoms with E-state index in [-0.39, 0.29) is 5.54 Å². The number of rotatable bonds is 4. The van der Waals surface area contributed by atoms with Gasteiger partial charge in [0.15, 0.2) is 5.96 Å². The van der Waals surface area contributed by atoms with Crippen LogP contribution in [0, 0.1) is 6.92 Å². The molecule has 2 N–H and O–H groups in total. The van der Waals surface area contributed by atoms with Crippen molar-refractivity contribution in [1.82, 2.24) is 15.6 Å². The number of nitrogens with zero attached hydrogens (tertiary/aromatic N) is 2. The van der Waals surface area contributed by atoms with E-state index in [4.69, 9.17) is 0 Å². The van der Waals surface area contributed by atoms with Crippen molar-refractivity contribution in [3.63, 3.8) is 0 Å². The van der Waals surface area contributed by atoms with E-state index in [1.54, 1.807) is 11.3 Å². The van der Waals surface area contributed by atoms with Crippen LogP contribution in [0.2, 0.25) is 0 Å². The van der Waals surface area contributed by atoms with Gasteiger partial charge in [-0.2, -0.15) is 0 Å². The van der Waals surface area contributed by atoms with E-state index in [1.807, 2.05) is 6.92 Å². The number of thiazole rings is 1. The van der Waals surface area contributed by atoms with Gasteiger partial charge in [0.2, 0.25) is 0 Å². The Hall–Kier alpha value is -1.10. The van der Waals surface area contributed by atoms with Crippen LogP contribution >= 0.6 is 11.3 Å². The van der Waals surface area contributed by atoms with Crippen molar-refractivity contribution >= 4 is 17.3 Å². The molecule has 0 saturated heterocycles. The zero-order chi connectivity index (χ0) is 13.6. The SMILES string of the molecule is CCNC(=NCCc1csc(C)n1)NC(C)(C)C. The van der Waals surface area contributed by atoms with Crippen LogP contribution in [0.4, 0.5) is 0 Å². The summed E-state index contributed by atoms with van der Waals surface area (Å²) in [5.41, 5.74) is 1.16. The lowest BCUT2D eigenvalue weighted by molar-refractivity contribution is 0.501. The van der Waals surface area contributed by atoms with Crippen molar-refractivity contribution in [3.8, 4) is 0 Å². The highest BCUT2D eigenvalue weighted by molar-refractivity contribution is 7.09. The molecule has 0 aliphatic carbocycles. The fraction of sp³-hybridized carbons (Fsp3) is 0.692. The summed E-state index contributed by atoms with van der Waals surface area (Å²) in [6.45, 7) is 12.1. The summed E-state index contributed by atoms with van der Waals surface area (Å²) in [5.74, 6) is 0.872. The molecule has 0 spiro atoms. The highest BCUT2D eigenvalue weighted by Gasteiger charge is 2.11. The Kier molecular flexibility index (Phi) is 5.59. The largest absolute Gasteiger partial charge is 0.357 e. The van der Waals surface area contributed by atoms with Crippen molar-refractivity contribution in [2.24, 2.45) is 4.99 Å². The predicted molar refractivity (Wildman–Crippen MR) is 79.4 cm³/mol. The number of aromatic nitrogens is 1. The number of hydrogen-bond acceptors (Lipinski definition) is 3. The summed E-state index contributed by atoms with van der Waals surface area (Å²) in [6, 6.07) is 0. The van der Waals surface area contributed by atoms with Crippen LogP contribution in [0.5, 0.6) is 0 Å². The van der Waals surface area contributed by atoms with E-state index in [0.29, 0.717) is 0 Å². The molecule has 0 bridgehead atoms. The molecule has 1 aromatic rings. The summed E-state index contributed by atoms with van der Waals surface area (Å²) in [7, 11) is 0. The molecule has 0 unspecified atom stereocenters. The molecule has 1 heterocycles. The van der Waals surface area contributed by atoms with Gasteiger partial charge in [0, 0.05) is 30.4 Å². The molecular weight excluding hydrogens is 244 g/mol. The van der Waals surface area contributed by atoms with E-state index in [2.05, 4.69) is 53.7 Å². The van der Waals surface area contributed by atoms with E-state index < -0.39 is 0 Å². The molecule has 0 fully saturated rings. The molecule has 0 atom stereocenters. The van der Waals surface area contributed by atoms with Crippen LogP contribution in [0.1, 0.15) is 38.4 Å². The van der Waals surface area contributed by atoms with Gasteiger partial charge in [-0.15, -0.1) is 11.3 Å². The Balaban J connectivity index is 2.49. The highest BCUT2D eigenvalue weighted by atomic mass is 32.1. The maximum absolute atomic E-state index is 4.56. The monoisotopic (exact) mass is 268 g/mol. The van der Waals surface area contributed by atoms with Gasteiger partial charge in [0.25, 0.3) is 0 Å². The average molecular weight is 268 g/mol. The van der Waals surface area contributed by atoms with Gasteiger partial charge in [-0.3, -0.25) is 4.99 Å². The van der Waals surface area contributed by atoms with Gasteiger partial charge < -0.3 is 10.6 Å². The second kappa shape index (κ2) is 6.73. The van der Waals surface area contributed by atoms with Crippen molar-refractivity contribution in [2.75, 3.05) is 13.1 Å². The molecule has 4 nitrogen and oxygen atoms in total. The number of aryl methyl sites for hydroxylation is 1. The van der Waals surface area contributed by atoms with Crippen molar-refractivity contribution in [1.29, 1.82) is 0 Å². The molecule has 18 heavy (non-hydrogen) atoms. The second-order valence-electron chi connectivity index (χ2n) is 5.24. The Morgan fingerprint density at radius 2 is 2.17 bits per heavy atom. The Labute approximate surface area is 114 Å². The van der Waals surface area contributed by atoms with E-state index in [1.165, 1.54) is 0 Å². The molecule has 0 radical (unpaired) electrons. The van der Waals surface area contributed by atoms with Gasteiger partial charge >= 0.3 is 0 Å². The molecule has 1 aromatic heterocycles. The smallest absolute Gasteiger partial charge is 0.191 e. The van der Waals surface area contributed by atoms with E-state index >= 15 is 0 Å². The average Bonchev–Trinajstić information content (AvgIpc) is 2.62. The molecule has 0 aliphatic heterocycles. The fourth-order valence-corrected chi connectivity index (χ4v) is 2.11. The number of nitrogens with one attached hydrogen (secondary N) is 2. The molecule has 102 valence electrons. The molecule has 0 amide bonds. The molecule has 5 heteroatoms. The molecular formula is C13H24N4S. The Morgan fingerprint density at radius 3 is 2.67 bits per heavy atom. The zero-order valence-electron chi connectivity index (χ0n) is 12.0. The van der Waals surface area contributed by atoms with Crippen LogP contribution in [0.25, 0.3) is 0 Å². The standard InChI is InChI=1S/C13H24N4S/c1-6-14-12(17-13(3,4)5)15-8-7-11-9-18-10(2)16-11/h9H,6-8H2,1-5H3,(H2,14,15,17). The first kappa shape index (κ1) is 15.0. The lowest BCUT2D eigenvalue weighted by atomic mass is 10.1. The van der Waals surface area contributed by atoms with Gasteiger partial charge in [0.1, 0.15) is 0 Å². The highest BCUT2D eigenvalue weighted by Crippen LogP contribution is 2.08. The minimum Gasteiger partial charge on any atom is -0.357 e. The first-order chi connectivity index (χ1) is 8.40. The summed E-state index contributed by atoms with van der Waals surface area (Å²) >= 11 is 1.69. The summed E-state index contributed by atoms with van der Waals surface area (Å²) < 4.78 is 0. The van der Waals surface area contributed by atoms with Crippen LogP contribution < -0.4 is 10.6 Å². The van der Waals surface area contributed by atoms with Crippen LogP contribution in [0.3, 0.4) is 0 Å². The van der Waals surface area contributed by atoms with Crippen molar-refractivity contribution in [3.05, 3.63) is 16.1 Å². The quantitative estimate of drug-likeness (QED) is 0.651. The third-order valence-electron chi connectivity index (χ3n) is 2.14. The van der Waals surface area contributed by atoms with Gasteiger partial charge in [-0.1, -0.05) is 0 Å². The summed E-state index contributed by atoms with van der Waals surface area (Å²) in [6.07, 6.45) is 0.894. The minimum absolute atomic E-state index is 0.0260. The maximum Gasteiger partial charge on any atom is 0.191 e. The minimum atomic E-state index is 0.0260. The van der Waals surface area contributed by atoms with E-state index in [0.717, 1.165) is 36.2 Å². The molecule has 1 rings (SSSR count). The first-order valence-corrected chi connectivity index (χ1v) is 7.26. The molecule has 0 aromatic carbocycles. The Morgan fingerprint density at radius 1 is 1.44 bits per heavy atom. The third kappa shape index (κ3) is 6.00. The number of aliphatic imine (C=N–C) groups is 1. The number of hydrogen-bond donors (Lipinski definition) is 2. The predicted octanol–water partition coefficient (Wildman–Crippen LogP) is 2.35. The summed E-state index contributed by atoms with van der Waals surface area (Å²) in [4.78, 5) is 9.00. The number of guanidine groups is 1. The Bertz CT molecular complexity index is 390. The van der Waals surface area contributed by atoms with Gasteiger partial charge in [-0.05, 0) is 34.6 Å². The van der Waals surface area contributed by atoms with Crippen LogP contribution in [-0.2, 0) is 6.42 Å². The van der Waals surface area contributed by atoms with Crippen LogP contribution in [-0.4, -0.2) is 29.6 Å². The lowest BCUT2D eigenvalue weighted by Gasteiger charge is -2.23. The molecule has 0 aliphatic rings. The van der Waals surface area contributed by atoms with Crippen molar-refractivity contribution in [2.45, 2.75) is 46.6 Å². The topological polar surface area (TPSA) is 49.3 Å². The second-order valence-corrected chi connectivity index (χ2v) is 6.31. The normalized spacial score (nSPS) is 12.6. The lowest BCUT2D eigenvalue weighted by Crippen LogP contribution is -2.47. The van der Waals surface area contributed by atoms with Crippen LogP contribution in [0.15, 0.2) is 10.4 Å².